The van der Waals surface area contributed by atoms with Crippen LogP contribution in [0.1, 0.15) is 5.56 Å². The number of nitrogens with zero attached hydrogens (tertiary/aromatic N) is 3. The molecule has 1 atom stereocenters. The van der Waals surface area contributed by atoms with Gasteiger partial charge < -0.3 is 4.18 Å². The first-order valence-electron chi connectivity index (χ1n) is 7.91. The number of thiophene rings is 1. The molecule has 0 aliphatic rings. The van der Waals surface area contributed by atoms with E-state index in [0.29, 0.717) is 10.6 Å². The minimum Gasteiger partial charge on any atom is -0.382 e. The van der Waals surface area contributed by atoms with Crippen molar-refractivity contribution in [1.29, 1.82) is 5.26 Å². The molecule has 11 heteroatoms. The van der Waals surface area contributed by atoms with Gasteiger partial charge in [0.1, 0.15) is 11.7 Å². The lowest BCUT2D eigenvalue weighted by Gasteiger charge is -2.12. The van der Waals surface area contributed by atoms with Crippen LogP contribution < -0.4 is 9.50 Å². The minimum absolute atomic E-state index is 0.00931. The summed E-state index contributed by atoms with van der Waals surface area (Å²) < 4.78 is 27.7. The fourth-order valence-electron chi connectivity index (χ4n) is 2.30. The lowest BCUT2D eigenvalue weighted by atomic mass is 9.99. The maximum absolute atomic E-state index is 12.5. The second kappa shape index (κ2) is 8.47. The van der Waals surface area contributed by atoms with Crippen LogP contribution in [0.2, 0.25) is 0 Å². The van der Waals surface area contributed by atoms with Crippen LogP contribution in [0.4, 0.5) is 5.13 Å². The molecule has 0 saturated carbocycles. The SMILES string of the molecule is CS(=O)(=O)Oc1ccccc1CC(C#N)C(=O)Nc1nnc(-c2cccs2)s1. The van der Waals surface area contributed by atoms with Gasteiger partial charge >= 0.3 is 10.1 Å². The van der Waals surface area contributed by atoms with Crippen LogP contribution >= 0.6 is 22.7 Å². The molecule has 0 bridgehead atoms. The Morgan fingerprint density at radius 2 is 2.07 bits per heavy atom. The Bertz CT molecular complexity index is 1120. The van der Waals surface area contributed by atoms with E-state index in [0.717, 1.165) is 11.1 Å². The zero-order valence-electron chi connectivity index (χ0n) is 14.5. The van der Waals surface area contributed by atoms with E-state index in [-0.39, 0.29) is 17.3 Å². The number of hydrogen-bond acceptors (Lipinski definition) is 9. The molecule has 28 heavy (non-hydrogen) atoms. The largest absolute Gasteiger partial charge is 0.382 e. The minimum atomic E-state index is -3.73. The molecule has 0 aliphatic carbocycles. The van der Waals surface area contributed by atoms with Gasteiger partial charge in [-0.2, -0.15) is 13.7 Å². The molecule has 0 radical (unpaired) electrons. The molecule has 3 rings (SSSR count). The number of hydrogen-bond donors (Lipinski definition) is 1. The summed E-state index contributed by atoms with van der Waals surface area (Å²) in [6, 6.07) is 12.1. The van der Waals surface area contributed by atoms with Crippen LogP contribution in [0.5, 0.6) is 5.75 Å². The van der Waals surface area contributed by atoms with Crippen molar-refractivity contribution in [1.82, 2.24) is 10.2 Å². The van der Waals surface area contributed by atoms with Crippen molar-refractivity contribution in [2.24, 2.45) is 5.92 Å². The number of carbonyl (C=O) groups excluding carboxylic acids is 1. The number of aromatic nitrogens is 2. The number of nitriles is 1. The highest BCUT2D eigenvalue weighted by Gasteiger charge is 2.22. The molecule has 0 saturated heterocycles. The number of carbonyl (C=O) groups is 1. The van der Waals surface area contributed by atoms with Gasteiger partial charge in [0.15, 0.2) is 5.01 Å². The van der Waals surface area contributed by atoms with Gasteiger partial charge in [-0.1, -0.05) is 35.6 Å². The van der Waals surface area contributed by atoms with E-state index in [1.807, 2.05) is 23.6 Å². The van der Waals surface area contributed by atoms with Gasteiger partial charge in [-0.25, -0.2) is 0 Å². The third-order valence-electron chi connectivity index (χ3n) is 3.50. The van der Waals surface area contributed by atoms with Gasteiger partial charge in [0.05, 0.1) is 17.2 Å². The molecular formula is C17H14N4O4S3. The number of rotatable bonds is 7. The lowest BCUT2D eigenvalue weighted by molar-refractivity contribution is -0.118. The number of para-hydroxylation sites is 1. The molecule has 1 N–H and O–H groups in total. The van der Waals surface area contributed by atoms with E-state index >= 15 is 0 Å². The summed E-state index contributed by atoms with van der Waals surface area (Å²) >= 11 is 2.71. The van der Waals surface area contributed by atoms with Crippen LogP contribution in [-0.2, 0) is 21.3 Å². The molecule has 2 aromatic heterocycles. The van der Waals surface area contributed by atoms with Gasteiger partial charge in [-0.3, -0.25) is 10.1 Å². The Kier molecular flexibility index (Phi) is 6.03. The summed E-state index contributed by atoms with van der Waals surface area (Å²) in [7, 11) is -3.73. The zero-order valence-corrected chi connectivity index (χ0v) is 17.0. The van der Waals surface area contributed by atoms with E-state index in [2.05, 4.69) is 15.5 Å². The molecule has 0 spiro atoms. The van der Waals surface area contributed by atoms with Gasteiger partial charge in [-0.05, 0) is 23.1 Å². The van der Waals surface area contributed by atoms with E-state index in [4.69, 9.17) is 4.18 Å². The van der Waals surface area contributed by atoms with E-state index < -0.39 is 21.9 Å². The van der Waals surface area contributed by atoms with Crippen molar-refractivity contribution < 1.29 is 17.4 Å². The summed E-state index contributed by atoms with van der Waals surface area (Å²) in [6.45, 7) is 0. The van der Waals surface area contributed by atoms with Crippen LogP contribution in [-0.4, -0.2) is 30.8 Å². The summed E-state index contributed by atoms with van der Waals surface area (Å²) in [6.07, 6.45) is 0.920. The zero-order chi connectivity index (χ0) is 20.1. The number of anilines is 1. The normalized spacial score (nSPS) is 12.1. The second-order valence-electron chi connectivity index (χ2n) is 5.66. The maximum atomic E-state index is 12.5. The van der Waals surface area contributed by atoms with Crippen molar-refractivity contribution in [3.63, 3.8) is 0 Å². The third-order valence-corrected chi connectivity index (χ3v) is 5.86. The highest BCUT2D eigenvalue weighted by Crippen LogP contribution is 2.30. The Morgan fingerprint density at radius 3 is 2.75 bits per heavy atom. The van der Waals surface area contributed by atoms with Crippen LogP contribution in [0.25, 0.3) is 9.88 Å². The van der Waals surface area contributed by atoms with Crippen molar-refractivity contribution in [3.05, 3.63) is 47.3 Å². The average molecular weight is 435 g/mol. The average Bonchev–Trinajstić information content (AvgIpc) is 3.31. The molecule has 0 fully saturated rings. The summed E-state index contributed by atoms with van der Waals surface area (Å²) in [5.41, 5.74) is 0.436. The summed E-state index contributed by atoms with van der Waals surface area (Å²) in [5, 5.41) is 22.8. The highest BCUT2D eigenvalue weighted by molar-refractivity contribution is 7.86. The molecule has 2 heterocycles. The quantitative estimate of drug-likeness (QED) is 0.567. The van der Waals surface area contributed by atoms with E-state index in [9.17, 15) is 18.5 Å². The van der Waals surface area contributed by atoms with Gasteiger partial charge in [0.25, 0.3) is 0 Å². The number of benzene rings is 1. The van der Waals surface area contributed by atoms with Crippen LogP contribution in [0.15, 0.2) is 41.8 Å². The first-order chi connectivity index (χ1) is 13.4. The van der Waals surface area contributed by atoms with Gasteiger partial charge in [0.2, 0.25) is 11.0 Å². The fraction of sp³-hybridized carbons (Fsp3) is 0.176. The predicted octanol–water partition coefficient (Wildman–Crippen LogP) is 2.93. The standard InChI is InChI=1S/C17H14N4O4S3/c1-28(23,24)25-13-6-3-2-5-11(13)9-12(10-18)15(22)19-17-21-20-16(27-17)14-7-4-8-26-14/h2-8,12H,9H2,1H3,(H,19,21,22). The third kappa shape index (κ3) is 5.13. The fourth-order valence-corrected chi connectivity index (χ4v) is 4.33. The smallest absolute Gasteiger partial charge is 0.306 e. The van der Waals surface area contributed by atoms with Crippen LogP contribution in [0.3, 0.4) is 0 Å². The molecule has 1 aromatic carbocycles. The molecular weight excluding hydrogens is 420 g/mol. The number of amides is 1. The monoisotopic (exact) mass is 434 g/mol. The van der Waals surface area contributed by atoms with Crippen molar-refractivity contribution in [3.8, 4) is 21.7 Å². The first kappa shape index (κ1) is 19.9. The topological polar surface area (TPSA) is 122 Å². The predicted molar refractivity (Wildman–Crippen MR) is 107 cm³/mol. The summed E-state index contributed by atoms with van der Waals surface area (Å²) in [5.74, 6) is -1.52. The Balaban J connectivity index is 1.72. The van der Waals surface area contributed by atoms with Crippen LogP contribution in [0, 0.1) is 17.2 Å². The molecule has 0 aliphatic heterocycles. The Labute approximate surface area is 169 Å². The second-order valence-corrected chi connectivity index (χ2v) is 9.16. The molecule has 144 valence electrons. The van der Waals surface area contributed by atoms with Crippen molar-refractivity contribution >= 4 is 43.8 Å². The first-order valence-corrected chi connectivity index (χ1v) is 11.4. The molecule has 3 aromatic rings. The Morgan fingerprint density at radius 1 is 1.29 bits per heavy atom. The maximum Gasteiger partial charge on any atom is 0.306 e. The van der Waals surface area contributed by atoms with E-state index in [1.54, 1.807) is 18.2 Å². The summed E-state index contributed by atoms with van der Waals surface area (Å²) in [4.78, 5) is 13.4. The van der Waals surface area contributed by atoms with Crippen molar-refractivity contribution in [2.75, 3.05) is 11.6 Å². The highest BCUT2D eigenvalue weighted by atomic mass is 32.2. The molecule has 1 amide bonds. The van der Waals surface area contributed by atoms with Crippen molar-refractivity contribution in [2.45, 2.75) is 6.42 Å². The van der Waals surface area contributed by atoms with E-state index in [1.165, 1.54) is 28.7 Å². The lowest BCUT2D eigenvalue weighted by Crippen LogP contribution is -2.23. The molecule has 8 nitrogen and oxygen atoms in total. The van der Waals surface area contributed by atoms with Gasteiger partial charge in [0, 0.05) is 6.42 Å². The molecule has 1 unspecified atom stereocenters. The Hall–Kier alpha value is -2.81. The van der Waals surface area contributed by atoms with Gasteiger partial charge in [-0.15, -0.1) is 21.5 Å². The number of nitrogens with one attached hydrogen (secondary N) is 1.